The zero-order valence-electron chi connectivity index (χ0n) is 14.6. The Kier molecular flexibility index (Phi) is 8.04. The molecule has 2 rings (SSSR count). The van der Waals surface area contributed by atoms with Crippen LogP contribution in [0.1, 0.15) is 51.9 Å². The molecule has 25 heavy (non-hydrogen) atoms. The Balaban J connectivity index is 1.78. The van der Waals surface area contributed by atoms with E-state index in [1.165, 1.54) is 0 Å². The number of hydrogen-bond donors (Lipinski definition) is 2. The zero-order valence-corrected chi connectivity index (χ0v) is 16.1. The average molecular weight is 385 g/mol. The lowest BCUT2D eigenvalue weighted by Gasteiger charge is -2.27. The molecular formula is C19H26Cl2N2O2. The lowest BCUT2D eigenvalue weighted by Crippen LogP contribution is -2.35. The van der Waals surface area contributed by atoms with Crippen molar-refractivity contribution in [2.75, 3.05) is 11.9 Å². The van der Waals surface area contributed by atoms with Crippen molar-refractivity contribution in [3.63, 3.8) is 0 Å². The minimum absolute atomic E-state index is 0.0282. The quantitative estimate of drug-likeness (QED) is 0.646. The van der Waals surface area contributed by atoms with Crippen molar-refractivity contribution in [2.45, 2.75) is 51.9 Å². The van der Waals surface area contributed by atoms with E-state index in [0.29, 0.717) is 15.7 Å². The van der Waals surface area contributed by atoms with Crippen molar-refractivity contribution in [1.82, 2.24) is 5.32 Å². The van der Waals surface area contributed by atoms with Crippen LogP contribution in [-0.2, 0) is 9.59 Å². The normalized spacial score (nSPS) is 20.1. The standard InChI is InChI=1S/C19H26Cl2N2O2/c1-2-3-4-11-22-18(24)13-5-7-14(8-6-13)19(25)23-17-12-15(20)9-10-16(17)21/h9-10,12-14H,2-8,11H2,1H3,(H,22,24)(H,23,25). The lowest BCUT2D eigenvalue weighted by atomic mass is 9.81. The highest BCUT2D eigenvalue weighted by atomic mass is 35.5. The first-order valence-electron chi connectivity index (χ1n) is 9.05. The van der Waals surface area contributed by atoms with Crippen molar-refractivity contribution in [1.29, 1.82) is 0 Å². The number of carbonyl (C=O) groups excluding carboxylic acids is 2. The summed E-state index contributed by atoms with van der Waals surface area (Å²) in [5.41, 5.74) is 0.537. The molecule has 0 bridgehead atoms. The summed E-state index contributed by atoms with van der Waals surface area (Å²) >= 11 is 12.0. The summed E-state index contributed by atoms with van der Waals surface area (Å²) in [7, 11) is 0. The third kappa shape index (κ3) is 6.19. The molecule has 1 aliphatic rings. The van der Waals surface area contributed by atoms with Gasteiger partial charge in [0.05, 0.1) is 10.7 Å². The summed E-state index contributed by atoms with van der Waals surface area (Å²) in [4.78, 5) is 24.6. The molecule has 0 heterocycles. The second-order valence-electron chi connectivity index (χ2n) is 6.66. The molecule has 1 aromatic carbocycles. The molecule has 2 amide bonds. The van der Waals surface area contributed by atoms with Gasteiger partial charge >= 0.3 is 0 Å². The summed E-state index contributed by atoms with van der Waals surface area (Å²) in [5.74, 6) is 0.0263. The molecule has 0 aliphatic heterocycles. The Morgan fingerprint density at radius 3 is 2.32 bits per heavy atom. The largest absolute Gasteiger partial charge is 0.356 e. The Bertz CT molecular complexity index is 599. The molecule has 0 aromatic heterocycles. The van der Waals surface area contributed by atoms with E-state index in [1.54, 1.807) is 18.2 Å². The smallest absolute Gasteiger partial charge is 0.227 e. The highest BCUT2D eigenvalue weighted by Crippen LogP contribution is 2.31. The fourth-order valence-corrected chi connectivity index (χ4v) is 3.51. The number of rotatable bonds is 7. The molecule has 2 N–H and O–H groups in total. The third-order valence-corrected chi connectivity index (χ3v) is 5.30. The van der Waals surface area contributed by atoms with Gasteiger partial charge in [-0.05, 0) is 50.3 Å². The minimum Gasteiger partial charge on any atom is -0.356 e. The molecule has 4 nitrogen and oxygen atoms in total. The Morgan fingerprint density at radius 2 is 1.68 bits per heavy atom. The minimum atomic E-state index is -0.0841. The molecule has 0 atom stereocenters. The number of unbranched alkanes of at least 4 members (excludes halogenated alkanes) is 2. The van der Waals surface area contributed by atoms with Gasteiger partial charge in [0.25, 0.3) is 0 Å². The molecule has 138 valence electrons. The number of carbonyl (C=O) groups is 2. The van der Waals surface area contributed by atoms with Crippen molar-refractivity contribution in [3.8, 4) is 0 Å². The summed E-state index contributed by atoms with van der Waals surface area (Å²) in [5, 5.41) is 6.87. The van der Waals surface area contributed by atoms with E-state index in [9.17, 15) is 9.59 Å². The van der Waals surface area contributed by atoms with Crippen molar-refractivity contribution < 1.29 is 9.59 Å². The maximum atomic E-state index is 12.4. The van der Waals surface area contributed by atoms with Crippen LogP contribution >= 0.6 is 23.2 Å². The van der Waals surface area contributed by atoms with Crippen LogP contribution in [0.2, 0.25) is 10.0 Å². The second-order valence-corrected chi connectivity index (χ2v) is 7.50. The fraction of sp³-hybridized carbons (Fsp3) is 0.579. The zero-order chi connectivity index (χ0) is 18.2. The number of amides is 2. The van der Waals surface area contributed by atoms with Gasteiger partial charge in [-0.2, -0.15) is 0 Å². The van der Waals surface area contributed by atoms with Crippen LogP contribution in [0.5, 0.6) is 0 Å². The Hall–Kier alpha value is -1.26. The van der Waals surface area contributed by atoms with Gasteiger partial charge in [-0.1, -0.05) is 43.0 Å². The summed E-state index contributed by atoms with van der Waals surface area (Å²) < 4.78 is 0. The molecule has 0 radical (unpaired) electrons. The molecule has 1 aliphatic carbocycles. The van der Waals surface area contributed by atoms with E-state index in [4.69, 9.17) is 23.2 Å². The van der Waals surface area contributed by atoms with Gasteiger partial charge in [0.1, 0.15) is 0 Å². The van der Waals surface area contributed by atoms with Gasteiger partial charge in [0.2, 0.25) is 11.8 Å². The van der Waals surface area contributed by atoms with Gasteiger partial charge in [-0.25, -0.2) is 0 Å². The van der Waals surface area contributed by atoms with Gasteiger partial charge < -0.3 is 10.6 Å². The van der Waals surface area contributed by atoms with E-state index in [0.717, 1.165) is 51.5 Å². The van der Waals surface area contributed by atoms with Gasteiger partial charge in [0.15, 0.2) is 0 Å². The van der Waals surface area contributed by atoms with Gasteiger partial charge in [0, 0.05) is 23.4 Å². The monoisotopic (exact) mass is 384 g/mol. The van der Waals surface area contributed by atoms with E-state index in [-0.39, 0.29) is 23.7 Å². The lowest BCUT2D eigenvalue weighted by molar-refractivity contribution is -0.128. The molecule has 1 saturated carbocycles. The predicted molar refractivity (Wildman–Crippen MR) is 103 cm³/mol. The molecule has 1 aromatic rings. The van der Waals surface area contributed by atoms with Gasteiger partial charge in [-0.3, -0.25) is 9.59 Å². The van der Waals surface area contributed by atoms with Crippen LogP contribution in [0, 0.1) is 11.8 Å². The van der Waals surface area contributed by atoms with Crippen LogP contribution in [0.25, 0.3) is 0 Å². The third-order valence-electron chi connectivity index (χ3n) is 4.73. The Morgan fingerprint density at radius 1 is 1.04 bits per heavy atom. The highest BCUT2D eigenvalue weighted by molar-refractivity contribution is 6.35. The first-order chi connectivity index (χ1) is 12.0. The molecular weight excluding hydrogens is 359 g/mol. The number of nitrogens with one attached hydrogen (secondary N) is 2. The Labute approximate surface area is 159 Å². The summed E-state index contributed by atoms with van der Waals surface area (Å²) in [6, 6.07) is 5.00. The van der Waals surface area contributed by atoms with Crippen LogP contribution < -0.4 is 10.6 Å². The first kappa shape index (κ1) is 20.1. The molecule has 0 unspecified atom stereocenters. The van der Waals surface area contributed by atoms with Crippen molar-refractivity contribution >= 4 is 40.7 Å². The maximum absolute atomic E-state index is 12.4. The SMILES string of the molecule is CCCCCNC(=O)C1CCC(C(=O)Nc2cc(Cl)ccc2Cl)CC1. The highest BCUT2D eigenvalue weighted by Gasteiger charge is 2.30. The number of benzene rings is 1. The number of hydrogen-bond acceptors (Lipinski definition) is 2. The average Bonchev–Trinajstić information content (AvgIpc) is 2.61. The second kappa shape index (κ2) is 10.0. The van der Waals surface area contributed by atoms with Crippen LogP contribution in [0.3, 0.4) is 0 Å². The summed E-state index contributed by atoms with van der Waals surface area (Å²) in [6.45, 7) is 2.89. The van der Waals surface area contributed by atoms with E-state index in [1.807, 2.05) is 0 Å². The van der Waals surface area contributed by atoms with E-state index >= 15 is 0 Å². The number of halogens is 2. The first-order valence-corrected chi connectivity index (χ1v) is 9.80. The maximum Gasteiger partial charge on any atom is 0.227 e. The van der Waals surface area contributed by atoms with Crippen LogP contribution in [-0.4, -0.2) is 18.4 Å². The van der Waals surface area contributed by atoms with E-state index < -0.39 is 0 Å². The van der Waals surface area contributed by atoms with Crippen molar-refractivity contribution in [3.05, 3.63) is 28.2 Å². The number of anilines is 1. The predicted octanol–water partition coefficient (Wildman–Crippen LogP) is 5.04. The van der Waals surface area contributed by atoms with Crippen LogP contribution in [0.4, 0.5) is 5.69 Å². The van der Waals surface area contributed by atoms with Crippen molar-refractivity contribution in [2.24, 2.45) is 11.8 Å². The fourth-order valence-electron chi connectivity index (χ4n) is 3.18. The molecule has 1 fully saturated rings. The van der Waals surface area contributed by atoms with Crippen LogP contribution in [0.15, 0.2) is 18.2 Å². The topological polar surface area (TPSA) is 58.2 Å². The summed E-state index contributed by atoms with van der Waals surface area (Å²) in [6.07, 6.45) is 6.25. The van der Waals surface area contributed by atoms with Gasteiger partial charge in [-0.15, -0.1) is 0 Å². The molecule has 6 heteroatoms. The molecule has 0 spiro atoms. The molecule has 0 saturated heterocycles. The van der Waals surface area contributed by atoms with E-state index in [2.05, 4.69) is 17.6 Å².